The highest BCUT2D eigenvalue weighted by molar-refractivity contribution is 5.68. The number of aryl methyl sites for hydroxylation is 1. The predicted molar refractivity (Wildman–Crippen MR) is 117 cm³/mol. The number of hydrogen-bond donors (Lipinski definition) is 0. The highest BCUT2D eigenvalue weighted by Crippen LogP contribution is 2.37. The van der Waals surface area contributed by atoms with E-state index in [1.54, 1.807) is 0 Å². The van der Waals surface area contributed by atoms with Gasteiger partial charge in [-0.05, 0) is 29.2 Å². The number of esters is 3. The van der Waals surface area contributed by atoms with Crippen LogP contribution in [0.4, 0.5) is 0 Å². The molecule has 0 amide bonds. The quantitative estimate of drug-likeness (QED) is 0.413. The first kappa shape index (κ1) is 25.3. The fraction of sp³-hybridized carbons (Fsp3) is 0.565. The van der Waals surface area contributed by atoms with Crippen molar-refractivity contribution in [3.05, 3.63) is 41.2 Å². The van der Waals surface area contributed by atoms with E-state index >= 15 is 0 Å². The van der Waals surface area contributed by atoms with Crippen LogP contribution in [0.5, 0.6) is 0 Å². The van der Waals surface area contributed by atoms with Gasteiger partial charge in [-0.15, -0.1) is 10.2 Å². The van der Waals surface area contributed by atoms with Gasteiger partial charge in [-0.25, -0.2) is 0 Å². The van der Waals surface area contributed by atoms with E-state index < -0.39 is 48.4 Å². The highest BCUT2D eigenvalue weighted by Gasteiger charge is 2.53. The molecule has 2 aromatic rings. The first-order valence-corrected chi connectivity index (χ1v) is 11.2. The molecule has 184 valence electrons. The molecule has 0 unspecified atom stereocenters. The molecule has 1 saturated heterocycles. The van der Waals surface area contributed by atoms with Gasteiger partial charge >= 0.3 is 17.9 Å². The Labute approximate surface area is 197 Å². The average molecular weight is 475 g/mol. The predicted octanol–water partition coefficient (Wildman–Crippen LogP) is 1.93. The number of carbonyl (C=O) groups is 3. The summed E-state index contributed by atoms with van der Waals surface area (Å²) < 4.78 is 22.5. The molecule has 0 saturated carbocycles. The molecule has 3 rings (SSSR count). The lowest BCUT2D eigenvalue weighted by Gasteiger charge is -2.43. The average Bonchev–Trinajstić information content (AvgIpc) is 3.24. The third-order valence-electron chi connectivity index (χ3n) is 5.42. The number of aromatic nitrogens is 4. The molecule has 5 atom stereocenters. The summed E-state index contributed by atoms with van der Waals surface area (Å²) in [7, 11) is 0. The van der Waals surface area contributed by atoms with Crippen LogP contribution < -0.4 is 0 Å². The zero-order chi connectivity index (χ0) is 24.8. The number of benzene rings is 1. The Morgan fingerprint density at radius 2 is 1.44 bits per heavy atom. The van der Waals surface area contributed by atoms with E-state index in [9.17, 15) is 14.4 Å². The van der Waals surface area contributed by atoms with Crippen molar-refractivity contribution in [2.45, 2.75) is 84.5 Å². The molecule has 0 bridgehead atoms. The second-order valence-electron chi connectivity index (χ2n) is 8.07. The molecular formula is C23H30N4O7. The second kappa shape index (κ2) is 11.2. The van der Waals surface area contributed by atoms with Crippen LogP contribution in [0, 0.1) is 0 Å². The third kappa shape index (κ3) is 6.16. The molecule has 1 fully saturated rings. The van der Waals surface area contributed by atoms with E-state index in [1.165, 1.54) is 31.1 Å². The standard InChI is InChI=1S/C23H30N4O7/c1-6-16-8-10-17(11-9-16)12-27-25-23(24-26-27)22-21(33-15(5)30)20(32-14(4)29)19(31-13(3)28)18(7-2)34-22/h8-11,18-22H,6-7,12H2,1-5H3/t18-,19-,20+,21-,22-/m1/s1. The van der Waals surface area contributed by atoms with Gasteiger partial charge in [0.05, 0.1) is 12.6 Å². The van der Waals surface area contributed by atoms with Crippen molar-refractivity contribution in [2.24, 2.45) is 0 Å². The molecule has 1 aliphatic rings. The summed E-state index contributed by atoms with van der Waals surface area (Å²) in [6.45, 7) is 7.98. The van der Waals surface area contributed by atoms with Gasteiger partial charge in [0.2, 0.25) is 5.82 Å². The topological polar surface area (TPSA) is 132 Å². The lowest BCUT2D eigenvalue weighted by Crippen LogP contribution is -2.58. The van der Waals surface area contributed by atoms with Gasteiger partial charge in [-0.3, -0.25) is 14.4 Å². The first-order chi connectivity index (χ1) is 16.2. The molecule has 0 aliphatic carbocycles. The molecule has 0 N–H and O–H groups in total. The van der Waals surface area contributed by atoms with E-state index in [0.717, 1.165) is 12.0 Å². The zero-order valence-electron chi connectivity index (χ0n) is 20.0. The summed E-state index contributed by atoms with van der Waals surface area (Å²) in [5, 5.41) is 12.6. The number of tetrazole rings is 1. The maximum Gasteiger partial charge on any atom is 0.303 e. The maximum absolute atomic E-state index is 11.9. The summed E-state index contributed by atoms with van der Waals surface area (Å²) in [5.41, 5.74) is 2.21. The number of rotatable bonds is 8. The third-order valence-corrected chi connectivity index (χ3v) is 5.42. The smallest absolute Gasteiger partial charge is 0.303 e. The van der Waals surface area contributed by atoms with Crippen molar-refractivity contribution >= 4 is 17.9 Å². The Hall–Kier alpha value is -3.34. The van der Waals surface area contributed by atoms with E-state index in [0.29, 0.717) is 13.0 Å². The molecule has 1 aromatic heterocycles. The van der Waals surface area contributed by atoms with Crippen molar-refractivity contribution in [1.29, 1.82) is 0 Å². The number of hydrogen-bond acceptors (Lipinski definition) is 10. The van der Waals surface area contributed by atoms with Crippen molar-refractivity contribution in [1.82, 2.24) is 20.2 Å². The van der Waals surface area contributed by atoms with E-state index in [1.807, 2.05) is 31.2 Å². The van der Waals surface area contributed by atoms with Crippen LogP contribution >= 0.6 is 0 Å². The molecule has 0 spiro atoms. The van der Waals surface area contributed by atoms with Gasteiger partial charge < -0.3 is 18.9 Å². The Morgan fingerprint density at radius 3 is 2.00 bits per heavy atom. The van der Waals surface area contributed by atoms with Crippen LogP contribution in [0.2, 0.25) is 0 Å². The van der Waals surface area contributed by atoms with Gasteiger partial charge in [-0.1, -0.05) is 38.1 Å². The molecular weight excluding hydrogens is 444 g/mol. The summed E-state index contributed by atoms with van der Waals surface area (Å²) in [4.78, 5) is 36.9. The molecule has 11 heteroatoms. The van der Waals surface area contributed by atoms with Gasteiger partial charge in [0.15, 0.2) is 24.4 Å². The summed E-state index contributed by atoms with van der Waals surface area (Å²) in [5.74, 6) is -1.67. The summed E-state index contributed by atoms with van der Waals surface area (Å²) in [6.07, 6.45) is -3.49. The van der Waals surface area contributed by atoms with E-state index in [4.69, 9.17) is 18.9 Å². The van der Waals surface area contributed by atoms with Crippen molar-refractivity contribution in [3.8, 4) is 0 Å². The minimum Gasteiger partial charge on any atom is -0.456 e. The lowest BCUT2D eigenvalue weighted by atomic mass is 9.92. The minimum atomic E-state index is -1.14. The lowest BCUT2D eigenvalue weighted by molar-refractivity contribution is -0.250. The summed E-state index contributed by atoms with van der Waals surface area (Å²) in [6, 6.07) is 8.07. The van der Waals surface area contributed by atoms with Gasteiger partial charge in [0.1, 0.15) is 0 Å². The van der Waals surface area contributed by atoms with Crippen LogP contribution in [-0.4, -0.2) is 62.5 Å². The van der Waals surface area contributed by atoms with Crippen LogP contribution in [0.25, 0.3) is 0 Å². The minimum absolute atomic E-state index is 0.160. The van der Waals surface area contributed by atoms with E-state index in [2.05, 4.69) is 22.3 Å². The number of nitrogens with zero attached hydrogens (tertiary/aromatic N) is 4. The van der Waals surface area contributed by atoms with Crippen LogP contribution in [0.1, 0.15) is 64.1 Å². The van der Waals surface area contributed by atoms with Crippen LogP contribution in [0.15, 0.2) is 24.3 Å². The molecule has 1 aliphatic heterocycles. The zero-order valence-corrected chi connectivity index (χ0v) is 20.0. The largest absolute Gasteiger partial charge is 0.456 e. The van der Waals surface area contributed by atoms with Gasteiger partial charge in [0.25, 0.3) is 0 Å². The Bertz CT molecular complexity index is 1010. The Balaban J connectivity index is 1.91. The Kier molecular flexibility index (Phi) is 8.32. The van der Waals surface area contributed by atoms with Gasteiger partial charge in [0, 0.05) is 20.8 Å². The molecule has 0 radical (unpaired) electrons. The number of ether oxygens (including phenoxy) is 4. The van der Waals surface area contributed by atoms with Crippen LogP contribution in [0.3, 0.4) is 0 Å². The maximum atomic E-state index is 11.9. The second-order valence-corrected chi connectivity index (χ2v) is 8.07. The van der Waals surface area contributed by atoms with Crippen LogP contribution in [-0.2, 0) is 46.3 Å². The summed E-state index contributed by atoms with van der Waals surface area (Å²) >= 11 is 0. The normalized spacial score (nSPS) is 24.3. The molecule has 34 heavy (non-hydrogen) atoms. The first-order valence-electron chi connectivity index (χ1n) is 11.2. The Morgan fingerprint density at radius 1 is 0.882 bits per heavy atom. The van der Waals surface area contributed by atoms with Gasteiger partial charge in [-0.2, -0.15) is 4.80 Å². The molecule has 11 nitrogen and oxygen atoms in total. The monoisotopic (exact) mass is 474 g/mol. The van der Waals surface area contributed by atoms with E-state index in [-0.39, 0.29) is 5.82 Å². The highest BCUT2D eigenvalue weighted by atomic mass is 16.6. The van der Waals surface area contributed by atoms with Crippen molar-refractivity contribution in [3.63, 3.8) is 0 Å². The molecule has 1 aromatic carbocycles. The SMILES string of the molecule is CCc1ccc(Cn2nnc([C@@H]3O[C@H](CC)[C@@H](OC(C)=O)[C@H](OC(C)=O)[C@H]3OC(C)=O)n2)cc1. The molecule has 2 heterocycles. The fourth-order valence-electron chi connectivity index (χ4n) is 3.91. The van der Waals surface area contributed by atoms with Crippen molar-refractivity contribution in [2.75, 3.05) is 0 Å². The number of carbonyl (C=O) groups excluding carboxylic acids is 3. The van der Waals surface area contributed by atoms with Crippen molar-refractivity contribution < 1.29 is 33.3 Å². The fourth-order valence-corrected chi connectivity index (χ4v) is 3.91.